The van der Waals surface area contributed by atoms with Gasteiger partial charge in [-0.1, -0.05) is 9.64 Å². The van der Waals surface area contributed by atoms with Gasteiger partial charge in [0.25, 0.3) is 17.7 Å². The van der Waals surface area contributed by atoms with Crippen molar-refractivity contribution < 1.29 is 43.5 Å². The van der Waals surface area contributed by atoms with Gasteiger partial charge in [0.15, 0.2) is 10.8 Å². The molecule has 19 heteroatoms. The number of carboxylic acids is 1. The number of thioether (sulfide) groups is 1. The number of thiazole rings is 1. The van der Waals surface area contributed by atoms with Crippen molar-refractivity contribution in [2.45, 2.75) is 62.0 Å². The molecule has 2 aromatic heterocycles. The minimum absolute atomic E-state index is 0.0456. The third-order valence-electron chi connectivity index (χ3n) is 9.75. The Kier molecular flexibility index (Phi) is 10.8. The van der Waals surface area contributed by atoms with Crippen LogP contribution >= 0.6 is 23.1 Å². The number of aliphatic carboxylic acids is 1. The van der Waals surface area contributed by atoms with Crippen LogP contribution < -0.4 is 21.5 Å². The van der Waals surface area contributed by atoms with E-state index in [0.717, 1.165) is 53.7 Å². The van der Waals surface area contributed by atoms with Gasteiger partial charge < -0.3 is 31.4 Å². The number of benzene rings is 1. The zero-order chi connectivity index (χ0) is 38.8. The highest BCUT2D eigenvalue weighted by Crippen LogP contribution is 2.47. The molecular weight excluding hydrogens is 756 g/mol. The van der Waals surface area contributed by atoms with E-state index in [-0.39, 0.29) is 74.6 Å². The number of carboxylic acid groups (broad SMARTS) is 1. The number of pyridine rings is 1. The van der Waals surface area contributed by atoms with E-state index >= 15 is 4.48 Å². The Morgan fingerprint density at radius 1 is 1.15 bits per heavy atom. The van der Waals surface area contributed by atoms with Gasteiger partial charge in [-0.2, -0.15) is 0 Å². The maximum Gasteiger partial charge on any atom is 0.352 e. The van der Waals surface area contributed by atoms with E-state index in [9.17, 15) is 34.2 Å². The fourth-order valence-corrected chi connectivity index (χ4v) is 9.02. The summed E-state index contributed by atoms with van der Waals surface area (Å²) >= 11 is 2.26. The van der Waals surface area contributed by atoms with Gasteiger partial charge >= 0.3 is 5.97 Å². The maximum atomic E-state index is 15.6. The van der Waals surface area contributed by atoms with E-state index in [0.29, 0.717) is 5.56 Å². The summed E-state index contributed by atoms with van der Waals surface area (Å²) in [6.45, 7) is 0.235. The number of aromatic hydroxyl groups is 1. The number of β-lactam (4-membered cyclic amide) rings is 1. The number of halogens is 1. The van der Waals surface area contributed by atoms with Gasteiger partial charge in [0, 0.05) is 48.0 Å². The minimum Gasteiger partial charge on any atom is -0.508 e. The molecule has 16 nitrogen and oxygen atoms in total. The number of hydrogen-bond acceptors (Lipinski definition) is 13. The zero-order valence-corrected chi connectivity index (χ0v) is 30.6. The van der Waals surface area contributed by atoms with Crippen LogP contribution in [0.15, 0.2) is 81.7 Å². The van der Waals surface area contributed by atoms with Crippen molar-refractivity contribution in [1.82, 2.24) is 25.5 Å². The average Bonchev–Trinajstić information content (AvgIpc) is 3.97. The Morgan fingerprint density at radius 3 is 2.51 bits per heavy atom. The average molecular weight is 791 g/mol. The number of carbonyl (C=O) groups excluding carboxylic acids is 4. The molecule has 3 fully saturated rings. The largest absolute Gasteiger partial charge is 0.508 e. The monoisotopic (exact) mass is 790 g/mol. The number of carbonyl (C=O) groups is 5. The third-order valence-corrected chi connectivity index (χ3v) is 11.7. The van der Waals surface area contributed by atoms with E-state index in [1.807, 2.05) is 0 Å². The van der Waals surface area contributed by atoms with Crippen molar-refractivity contribution in [2.24, 2.45) is 5.16 Å². The van der Waals surface area contributed by atoms with Gasteiger partial charge in [0.1, 0.15) is 34.7 Å². The second kappa shape index (κ2) is 15.9. The van der Waals surface area contributed by atoms with Crippen molar-refractivity contribution in [3.63, 3.8) is 0 Å². The molecule has 1 aromatic carbocycles. The number of nitrogens with zero attached hydrogens (tertiary/aromatic N) is 5. The van der Waals surface area contributed by atoms with E-state index in [2.05, 4.69) is 25.8 Å². The number of nitrogen functional groups attached to an aromatic ring is 1. The Labute approximate surface area is 321 Å². The number of nitrogens with one attached hydrogen (secondary N) is 2. The number of phenols is 1. The van der Waals surface area contributed by atoms with Crippen LogP contribution in [-0.4, -0.2) is 90.2 Å². The van der Waals surface area contributed by atoms with E-state index in [4.69, 9.17) is 10.6 Å². The number of fused-ring (bicyclic) bond motifs is 1. The number of hydrogen-bond donors (Lipinski definition) is 5. The second-order valence-electron chi connectivity index (χ2n) is 13.1. The van der Waals surface area contributed by atoms with Crippen LogP contribution in [-0.2, 0) is 28.8 Å². The molecule has 0 bridgehead atoms. The summed E-state index contributed by atoms with van der Waals surface area (Å²) in [5.74, 6) is -5.70. The lowest BCUT2D eigenvalue weighted by atomic mass is 9.80. The Balaban J connectivity index is 1.22. The smallest absolute Gasteiger partial charge is 0.352 e. The summed E-state index contributed by atoms with van der Waals surface area (Å²) in [5.41, 5.74) is 6.15. The normalized spacial score (nSPS) is 21.4. The molecule has 0 spiro atoms. The van der Waals surface area contributed by atoms with Crippen molar-refractivity contribution in [3.8, 4) is 5.75 Å². The van der Waals surface area contributed by atoms with Crippen molar-refractivity contribution >= 4 is 69.2 Å². The van der Waals surface area contributed by atoms with Gasteiger partial charge in [-0.25, -0.2) is 9.78 Å². The van der Waals surface area contributed by atoms with Gasteiger partial charge in [-0.05, 0) is 85.2 Å². The molecule has 3 aliphatic heterocycles. The summed E-state index contributed by atoms with van der Waals surface area (Å²) in [6, 6.07) is 6.89. The molecule has 1 aliphatic carbocycles. The number of rotatable bonds is 12. The summed E-state index contributed by atoms with van der Waals surface area (Å²) in [7, 11) is 0. The molecule has 286 valence electrons. The summed E-state index contributed by atoms with van der Waals surface area (Å²) in [4.78, 5) is 82.6. The highest BCUT2D eigenvalue weighted by Gasteiger charge is 2.55. The number of phenolic OH excluding ortho intramolecular Hbond substituents is 1. The van der Waals surface area contributed by atoms with Crippen molar-refractivity contribution in [3.05, 3.63) is 87.8 Å². The zero-order valence-electron chi connectivity index (χ0n) is 29.0. The first-order chi connectivity index (χ1) is 26.5. The fraction of sp³-hybridized carbons (Fsp3) is 0.333. The molecule has 1 saturated carbocycles. The molecule has 3 aromatic rings. The van der Waals surface area contributed by atoms with Crippen LogP contribution in [0, 0.1) is 0 Å². The number of amides is 4. The van der Waals surface area contributed by atoms with Crippen molar-refractivity contribution in [2.75, 3.05) is 23.2 Å². The minimum atomic E-state index is -1.48. The second-order valence-corrected chi connectivity index (χ2v) is 15.1. The summed E-state index contributed by atoms with van der Waals surface area (Å²) < 4.78 is 15.6. The van der Waals surface area contributed by atoms with E-state index in [1.54, 1.807) is 17.5 Å². The first-order valence-electron chi connectivity index (χ1n) is 17.4. The Bertz CT molecular complexity index is 2120. The molecule has 2 saturated heterocycles. The number of nitrogens with two attached hydrogens (primary N) is 1. The lowest BCUT2D eigenvalue weighted by molar-refractivity contribution is -0.150. The molecule has 4 aliphatic rings. The van der Waals surface area contributed by atoms with Crippen LogP contribution in [0.3, 0.4) is 0 Å². The molecule has 1 unspecified atom stereocenters. The number of anilines is 2. The number of oxime groups is 1. The number of allylic oxidation sites excluding steroid dienone is 1. The molecule has 3 atom stereocenters. The summed E-state index contributed by atoms with van der Waals surface area (Å²) in [5, 5.41) is 30.7. The Hall–Kier alpha value is -5.82. The predicted octanol–water partition coefficient (Wildman–Crippen LogP) is 3.14. The maximum absolute atomic E-state index is 15.6. The van der Waals surface area contributed by atoms with Gasteiger partial charge in [0.2, 0.25) is 5.91 Å². The SMILES string of the molecule is Nc1nc(C(=NOC2CCCC2)C(=O)N[C@@H]2C(=O)N3C(C(=O)O)=C(C(=C4CCNC4=O)C(CC(=O)N(F)c4ccc(O)cc4)c4ccncc4)CS[C@H]23)cs1. The van der Waals surface area contributed by atoms with Crippen LogP contribution in [0.5, 0.6) is 5.75 Å². The number of aromatic nitrogens is 2. The van der Waals surface area contributed by atoms with Gasteiger partial charge in [0.05, 0.1) is 5.69 Å². The summed E-state index contributed by atoms with van der Waals surface area (Å²) in [6.07, 6.45) is 5.85. The molecule has 6 N–H and O–H groups in total. The fourth-order valence-electron chi connectivity index (χ4n) is 7.10. The Morgan fingerprint density at radius 2 is 1.87 bits per heavy atom. The van der Waals surface area contributed by atoms with Crippen LogP contribution in [0.25, 0.3) is 0 Å². The highest BCUT2D eigenvalue weighted by molar-refractivity contribution is 8.00. The molecular formula is C36H35FN8O8S2. The third kappa shape index (κ3) is 7.61. The molecule has 0 radical (unpaired) electrons. The highest BCUT2D eigenvalue weighted by atomic mass is 32.2. The molecule has 5 heterocycles. The molecule has 55 heavy (non-hydrogen) atoms. The van der Waals surface area contributed by atoms with Crippen LogP contribution in [0.2, 0.25) is 0 Å². The first kappa shape index (κ1) is 37.5. The predicted molar refractivity (Wildman–Crippen MR) is 199 cm³/mol. The quantitative estimate of drug-likeness (QED) is 0.0586. The van der Waals surface area contributed by atoms with E-state index in [1.165, 1.54) is 36.7 Å². The van der Waals surface area contributed by atoms with Crippen LogP contribution in [0.1, 0.15) is 55.7 Å². The van der Waals surface area contributed by atoms with Crippen LogP contribution in [0.4, 0.5) is 15.3 Å². The first-order valence-corrected chi connectivity index (χ1v) is 19.3. The van der Waals surface area contributed by atoms with Gasteiger partial charge in [-0.15, -0.1) is 28.2 Å². The van der Waals surface area contributed by atoms with E-state index < -0.39 is 59.0 Å². The topological polar surface area (TPSA) is 230 Å². The lowest BCUT2D eigenvalue weighted by Gasteiger charge is -2.50. The molecule has 4 amide bonds. The van der Waals surface area contributed by atoms with Gasteiger partial charge in [-0.3, -0.25) is 29.1 Å². The molecule has 7 rings (SSSR count). The van der Waals surface area contributed by atoms with Crippen molar-refractivity contribution in [1.29, 1.82) is 0 Å². The lowest BCUT2D eigenvalue weighted by Crippen LogP contribution is -2.71. The standard InChI is InChI=1S/C36H35FN8O8S2/c37-45(19-5-7-20(46)8-6-19)26(47)15-23(18-9-12-39-13-10-18)27(22-11-14-40-31(22)48)24-16-54-34-29(33(50)44(34)30(24)35(51)52)42-32(49)28(25-17-55-36(38)41-25)43-53-21-3-1-2-4-21/h5-10,12-13,17,21,23,29,34,46H,1-4,11,14-16H2,(H2,38,41)(H,40,48)(H,42,49)(H,51,52)/t23?,29-,34-/m1/s1.